The number of rotatable bonds is 3. The number of hydrogen-bond donors (Lipinski definition) is 5. The molecule has 1 aromatic rings. The number of benzene rings is 1. The summed E-state index contributed by atoms with van der Waals surface area (Å²) in [6, 6.07) is 8.71. The van der Waals surface area contributed by atoms with Crippen molar-refractivity contribution in [2.75, 3.05) is 13.2 Å². The number of hydrogen-bond acceptors (Lipinski definition) is 5. The van der Waals surface area contributed by atoms with Crippen LogP contribution < -0.4 is 5.73 Å². The summed E-state index contributed by atoms with van der Waals surface area (Å²) in [5.74, 6) is 0.114. The van der Waals surface area contributed by atoms with Gasteiger partial charge in [0, 0.05) is 6.54 Å². The molecule has 0 unspecified atom stereocenters. The van der Waals surface area contributed by atoms with E-state index in [1.54, 1.807) is 0 Å². The summed E-state index contributed by atoms with van der Waals surface area (Å²) in [6.45, 7) is -0.0316. The summed E-state index contributed by atoms with van der Waals surface area (Å²) in [4.78, 5) is 5.64. The van der Waals surface area contributed by atoms with E-state index in [-0.39, 0.29) is 24.9 Å². The lowest BCUT2D eigenvalue weighted by Crippen LogP contribution is -2.65. The topological polar surface area (TPSA) is 123 Å². The zero-order valence-corrected chi connectivity index (χ0v) is 12.8. The molecule has 1 aliphatic rings. The molecule has 6 N–H and O–H groups in total. The lowest BCUT2D eigenvalue weighted by atomic mass is 9.94. The van der Waals surface area contributed by atoms with Gasteiger partial charge in [-0.05, 0) is 5.56 Å². The molecule has 0 radical (unpaired) electrons. The Bertz CT molecular complexity index is 488. The Morgan fingerprint density at radius 3 is 2.41 bits per heavy atom. The van der Waals surface area contributed by atoms with Crippen molar-refractivity contribution < 1.29 is 20.4 Å². The van der Waals surface area contributed by atoms with Crippen LogP contribution in [0.5, 0.6) is 0 Å². The number of aliphatic hydroxyl groups is 4. The van der Waals surface area contributed by atoms with E-state index in [4.69, 9.17) is 5.73 Å². The molecule has 0 aromatic heterocycles. The van der Waals surface area contributed by atoms with Gasteiger partial charge in [-0.25, -0.2) is 4.99 Å². The molecule has 0 aliphatic carbocycles. The fourth-order valence-electron chi connectivity index (χ4n) is 2.40. The molecule has 8 heteroatoms. The molecule has 1 aromatic carbocycles. The number of halogens is 1. The fourth-order valence-corrected chi connectivity index (χ4v) is 2.40. The number of aliphatic hydroxyl groups excluding tert-OH is 4. The zero-order valence-electron chi connectivity index (χ0n) is 12.0. The molecule has 4 atom stereocenters. The third-order valence-corrected chi connectivity index (χ3v) is 3.67. The molecule has 124 valence electrons. The van der Waals surface area contributed by atoms with Crippen molar-refractivity contribution >= 4 is 18.4 Å². The molecule has 0 spiro atoms. The second-order valence-corrected chi connectivity index (χ2v) is 5.11. The van der Waals surface area contributed by atoms with Gasteiger partial charge >= 0.3 is 0 Å². The van der Waals surface area contributed by atoms with Gasteiger partial charge in [0.2, 0.25) is 0 Å². The van der Waals surface area contributed by atoms with Crippen LogP contribution in [0.2, 0.25) is 0 Å². The predicted octanol–water partition coefficient (Wildman–Crippen LogP) is -1.32. The highest BCUT2D eigenvalue weighted by Gasteiger charge is 2.41. The van der Waals surface area contributed by atoms with Gasteiger partial charge in [0.25, 0.3) is 0 Å². The molecule has 1 aliphatic heterocycles. The van der Waals surface area contributed by atoms with Gasteiger partial charge in [-0.2, -0.15) is 0 Å². The number of nitrogens with zero attached hydrogens (tertiary/aromatic N) is 2. The Morgan fingerprint density at radius 2 is 1.82 bits per heavy atom. The number of nitrogens with two attached hydrogens (primary N) is 1. The summed E-state index contributed by atoms with van der Waals surface area (Å²) in [6.07, 6.45) is -3.74. The van der Waals surface area contributed by atoms with Gasteiger partial charge in [-0.1, -0.05) is 30.3 Å². The van der Waals surface area contributed by atoms with Crippen LogP contribution in [0.3, 0.4) is 0 Å². The van der Waals surface area contributed by atoms with E-state index in [1.165, 1.54) is 4.90 Å². The van der Waals surface area contributed by atoms with Gasteiger partial charge in [0.1, 0.15) is 18.3 Å². The summed E-state index contributed by atoms with van der Waals surface area (Å²) >= 11 is 0. The highest BCUT2D eigenvalue weighted by molar-refractivity contribution is 5.85. The number of aliphatic imine (C=N–C) groups is 1. The standard InChI is InChI=1S/C14H21N3O4.ClH/c15-14(16-6-9-4-2-1-3-5-9)17-7-11(19)13(21)12(20)10(17)8-18;/h1-5,10-13,18-21H,6-8H2,(H2,15,16);1H/t10-,11+,12-,13-;/m1./s1. The van der Waals surface area contributed by atoms with Gasteiger partial charge < -0.3 is 31.1 Å². The maximum Gasteiger partial charge on any atom is 0.192 e. The van der Waals surface area contributed by atoms with Crippen LogP contribution in [0.25, 0.3) is 0 Å². The van der Waals surface area contributed by atoms with E-state index in [0.717, 1.165) is 5.56 Å². The van der Waals surface area contributed by atoms with Crippen LogP contribution in [-0.4, -0.2) is 68.8 Å². The predicted molar refractivity (Wildman–Crippen MR) is 84.6 cm³/mol. The molecule has 1 fully saturated rings. The van der Waals surface area contributed by atoms with E-state index in [2.05, 4.69) is 4.99 Å². The molecule has 0 bridgehead atoms. The van der Waals surface area contributed by atoms with E-state index in [9.17, 15) is 20.4 Å². The molecule has 1 saturated heterocycles. The lowest BCUT2D eigenvalue weighted by Gasteiger charge is -2.43. The van der Waals surface area contributed by atoms with Crippen LogP contribution >= 0.6 is 12.4 Å². The SMILES string of the molecule is Cl.NC(=NCc1ccccc1)N1C[C@H](O)[C@@H](O)[C@H](O)[C@H]1CO. The third kappa shape index (κ3) is 4.08. The minimum absolute atomic E-state index is 0. The minimum atomic E-state index is -1.31. The summed E-state index contributed by atoms with van der Waals surface area (Å²) < 4.78 is 0. The van der Waals surface area contributed by atoms with E-state index >= 15 is 0 Å². The Morgan fingerprint density at radius 1 is 1.18 bits per heavy atom. The Balaban J connectivity index is 0.00000242. The number of piperidine rings is 1. The van der Waals surface area contributed by atoms with Gasteiger partial charge in [-0.3, -0.25) is 0 Å². The normalized spacial score (nSPS) is 29.1. The molecule has 2 rings (SSSR count). The maximum atomic E-state index is 9.89. The van der Waals surface area contributed by atoms with Crippen molar-refractivity contribution in [3.63, 3.8) is 0 Å². The van der Waals surface area contributed by atoms with Crippen molar-refractivity contribution in [3.8, 4) is 0 Å². The third-order valence-electron chi connectivity index (χ3n) is 3.67. The number of β-amino-alcohol motifs (C(OH)–C–C–N with tert-alkyl or cyclic N) is 1. The van der Waals surface area contributed by atoms with Crippen molar-refractivity contribution in [1.82, 2.24) is 4.90 Å². The van der Waals surface area contributed by atoms with Crippen LogP contribution in [-0.2, 0) is 6.54 Å². The van der Waals surface area contributed by atoms with Crippen LogP contribution in [0.4, 0.5) is 0 Å². The van der Waals surface area contributed by atoms with Crippen molar-refractivity contribution in [2.45, 2.75) is 30.9 Å². The van der Waals surface area contributed by atoms with Crippen LogP contribution in [0.1, 0.15) is 5.56 Å². The largest absolute Gasteiger partial charge is 0.394 e. The minimum Gasteiger partial charge on any atom is -0.394 e. The number of guanidine groups is 1. The summed E-state index contributed by atoms with van der Waals surface area (Å²) in [5.41, 5.74) is 6.86. The van der Waals surface area contributed by atoms with Gasteiger partial charge in [0.15, 0.2) is 5.96 Å². The molecule has 22 heavy (non-hydrogen) atoms. The summed E-state index contributed by atoms with van der Waals surface area (Å²) in [5, 5.41) is 38.6. The van der Waals surface area contributed by atoms with Crippen molar-refractivity contribution in [2.24, 2.45) is 10.7 Å². The average molecular weight is 332 g/mol. The van der Waals surface area contributed by atoms with Crippen molar-refractivity contribution in [3.05, 3.63) is 35.9 Å². The first-order chi connectivity index (χ1) is 10.0. The molecule has 1 heterocycles. The maximum absolute atomic E-state index is 9.89. The first-order valence-electron chi connectivity index (χ1n) is 6.80. The second kappa shape index (κ2) is 8.30. The highest BCUT2D eigenvalue weighted by atomic mass is 35.5. The quantitative estimate of drug-likeness (QED) is 0.346. The van der Waals surface area contributed by atoms with E-state index < -0.39 is 31.0 Å². The van der Waals surface area contributed by atoms with Crippen molar-refractivity contribution in [1.29, 1.82) is 0 Å². The van der Waals surface area contributed by atoms with Gasteiger partial charge in [-0.15, -0.1) is 12.4 Å². The molecule has 0 saturated carbocycles. The lowest BCUT2D eigenvalue weighted by molar-refractivity contribution is -0.128. The Kier molecular flexibility index (Phi) is 7.05. The molecular formula is C14H22ClN3O4. The summed E-state index contributed by atoms with van der Waals surface area (Å²) in [7, 11) is 0. The second-order valence-electron chi connectivity index (χ2n) is 5.11. The zero-order chi connectivity index (χ0) is 15.4. The number of likely N-dealkylation sites (tertiary alicyclic amines) is 1. The molecule has 7 nitrogen and oxygen atoms in total. The van der Waals surface area contributed by atoms with Crippen LogP contribution in [0.15, 0.2) is 35.3 Å². The van der Waals surface area contributed by atoms with E-state index in [0.29, 0.717) is 6.54 Å². The highest BCUT2D eigenvalue weighted by Crippen LogP contribution is 2.18. The Hall–Kier alpha value is -1.38. The molecular weight excluding hydrogens is 310 g/mol. The Labute approximate surface area is 135 Å². The first-order valence-corrected chi connectivity index (χ1v) is 6.80. The average Bonchev–Trinajstić information content (AvgIpc) is 2.51. The molecule has 0 amide bonds. The fraction of sp³-hybridized carbons (Fsp3) is 0.500. The van der Waals surface area contributed by atoms with Gasteiger partial charge in [0.05, 0.1) is 19.2 Å². The first kappa shape index (κ1) is 18.7. The smallest absolute Gasteiger partial charge is 0.192 e. The van der Waals surface area contributed by atoms with E-state index in [1.807, 2.05) is 30.3 Å². The monoisotopic (exact) mass is 331 g/mol. The van der Waals surface area contributed by atoms with Crippen LogP contribution in [0, 0.1) is 0 Å².